The van der Waals surface area contributed by atoms with Crippen LogP contribution < -0.4 is 10.1 Å². The fourth-order valence-electron chi connectivity index (χ4n) is 2.13. The Morgan fingerprint density at radius 2 is 1.74 bits per heavy atom. The molecule has 0 fully saturated rings. The van der Waals surface area contributed by atoms with Gasteiger partial charge in [0.25, 0.3) is 5.91 Å². The summed E-state index contributed by atoms with van der Waals surface area (Å²) in [6.45, 7) is 1.91. The summed E-state index contributed by atoms with van der Waals surface area (Å²) < 4.78 is 10.4. The van der Waals surface area contributed by atoms with Gasteiger partial charge < -0.3 is 14.6 Å². The highest BCUT2D eigenvalue weighted by molar-refractivity contribution is 5.92. The Morgan fingerprint density at radius 1 is 1.04 bits per heavy atom. The average Bonchev–Trinajstić information content (AvgIpc) is 3.11. The number of ether oxygens (including phenoxy) is 1. The summed E-state index contributed by atoms with van der Waals surface area (Å²) in [4.78, 5) is 11.9. The van der Waals surface area contributed by atoms with E-state index in [1.165, 1.54) is 12.3 Å². The first-order valence-corrected chi connectivity index (χ1v) is 7.26. The zero-order valence-electron chi connectivity index (χ0n) is 12.6. The molecule has 3 rings (SSSR count). The van der Waals surface area contributed by atoms with Crippen molar-refractivity contribution in [3.05, 3.63) is 78.2 Å². The van der Waals surface area contributed by atoms with Crippen molar-refractivity contribution < 1.29 is 14.1 Å². The van der Waals surface area contributed by atoms with Gasteiger partial charge in [-0.1, -0.05) is 35.5 Å². The number of hydrogen-bond donors (Lipinski definition) is 1. The van der Waals surface area contributed by atoms with E-state index in [1.54, 1.807) is 0 Å². The number of carbonyl (C=O) groups is 1. The SMILES string of the molecule is CC(NC(=O)c1ccon1)c1ccc(Oc2ccccc2)cc1. The lowest BCUT2D eigenvalue weighted by molar-refractivity contribution is 0.0930. The predicted octanol–water partition coefficient (Wildman–Crippen LogP) is 3.96. The fraction of sp³-hybridized carbons (Fsp3) is 0.111. The van der Waals surface area contributed by atoms with Gasteiger partial charge in [-0.3, -0.25) is 4.79 Å². The molecule has 1 N–H and O–H groups in total. The average molecular weight is 308 g/mol. The molecule has 5 heteroatoms. The van der Waals surface area contributed by atoms with Crippen LogP contribution in [0.3, 0.4) is 0 Å². The second kappa shape index (κ2) is 6.79. The van der Waals surface area contributed by atoms with Crippen LogP contribution in [-0.4, -0.2) is 11.1 Å². The maximum Gasteiger partial charge on any atom is 0.273 e. The number of para-hydroxylation sites is 1. The lowest BCUT2D eigenvalue weighted by Gasteiger charge is -2.14. The first kappa shape index (κ1) is 14.8. The molecule has 0 saturated carbocycles. The van der Waals surface area contributed by atoms with Crippen molar-refractivity contribution >= 4 is 5.91 Å². The largest absolute Gasteiger partial charge is 0.457 e. The summed E-state index contributed by atoms with van der Waals surface area (Å²) >= 11 is 0. The molecule has 0 aliphatic heterocycles. The Morgan fingerprint density at radius 3 is 2.39 bits per heavy atom. The fourth-order valence-corrected chi connectivity index (χ4v) is 2.13. The van der Waals surface area contributed by atoms with Crippen LogP contribution in [0, 0.1) is 0 Å². The van der Waals surface area contributed by atoms with Crippen molar-refractivity contribution in [2.45, 2.75) is 13.0 Å². The predicted molar refractivity (Wildman–Crippen MR) is 85.3 cm³/mol. The van der Waals surface area contributed by atoms with Gasteiger partial charge >= 0.3 is 0 Å². The van der Waals surface area contributed by atoms with E-state index < -0.39 is 0 Å². The summed E-state index contributed by atoms with van der Waals surface area (Å²) in [7, 11) is 0. The zero-order valence-corrected chi connectivity index (χ0v) is 12.6. The second-order valence-corrected chi connectivity index (χ2v) is 5.06. The van der Waals surface area contributed by atoms with Gasteiger partial charge in [0.15, 0.2) is 5.69 Å². The van der Waals surface area contributed by atoms with E-state index in [0.717, 1.165) is 17.1 Å². The van der Waals surface area contributed by atoms with Crippen LogP contribution in [0.4, 0.5) is 0 Å². The van der Waals surface area contributed by atoms with Gasteiger partial charge in [0.1, 0.15) is 17.8 Å². The van der Waals surface area contributed by atoms with Crippen LogP contribution in [0.1, 0.15) is 29.0 Å². The van der Waals surface area contributed by atoms with E-state index in [0.29, 0.717) is 0 Å². The minimum atomic E-state index is -0.268. The Labute approximate surface area is 133 Å². The summed E-state index contributed by atoms with van der Waals surface area (Å²) in [5.41, 5.74) is 1.24. The van der Waals surface area contributed by atoms with Gasteiger partial charge in [-0.25, -0.2) is 0 Å². The van der Waals surface area contributed by atoms with Crippen LogP contribution >= 0.6 is 0 Å². The van der Waals surface area contributed by atoms with Crippen molar-refractivity contribution in [3.63, 3.8) is 0 Å². The third kappa shape index (κ3) is 3.77. The number of aromatic nitrogens is 1. The number of benzene rings is 2. The Bertz CT molecular complexity index is 753. The zero-order chi connectivity index (χ0) is 16.1. The molecule has 1 unspecified atom stereocenters. The molecule has 3 aromatic rings. The molecular weight excluding hydrogens is 292 g/mol. The number of rotatable bonds is 5. The van der Waals surface area contributed by atoms with Crippen molar-refractivity contribution in [1.82, 2.24) is 10.5 Å². The number of carbonyl (C=O) groups excluding carboxylic acids is 1. The van der Waals surface area contributed by atoms with Gasteiger partial charge in [-0.2, -0.15) is 0 Å². The Balaban J connectivity index is 1.63. The normalized spacial score (nSPS) is 11.7. The second-order valence-electron chi connectivity index (χ2n) is 5.06. The lowest BCUT2D eigenvalue weighted by atomic mass is 10.1. The van der Waals surface area contributed by atoms with Crippen LogP contribution in [0.2, 0.25) is 0 Å². The highest BCUT2D eigenvalue weighted by atomic mass is 16.5. The molecule has 5 nitrogen and oxygen atoms in total. The molecule has 1 aromatic heterocycles. The van der Waals surface area contributed by atoms with Crippen molar-refractivity contribution in [2.24, 2.45) is 0 Å². The van der Waals surface area contributed by atoms with Crippen LogP contribution in [0.25, 0.3) is 0 Å². The molecule has 23 heavy (non-hydrogen) atoms. The standard InChI is InChI=1S/C18H16N2O3/c1-13(19-18(21)17-11-12-22-20-17)14-7-9-16(10-8-14)23-15-5-3-2-4-6-15/h2-13H,1H3,(H,19,21). The van der Waals surface area contributed by atoms with Crippen LogP contribution in [0.5, 0.6) is 11.5 Å². The molecular formula is C18H16N2O3. The highest BCUT2D eigenvalue weighted by Gasteiger charge is 2.13. The number of hydrogen-bond acceptors (Lipinski definition) is 4. The van der Waals surface area contributed by atoms with E-state index in [1.807, 2.05) is 61.5 Å². The Hall–Kier alpha value is -3.08. The minimum absolute atomic E-state index is 0.148. The number of nitrogens with zero attached hydrogens (tertiary/aromatic N) is 1. The highest BCUT2D eigenvalue weighted by Crippen LogP contribution is 2.23. The first-order chi connectivity index (χ1) is 11.2. The van der Waals surface area contributed by atoms with E-state index in [4.69, 9.17) is 4.74 Å². The molecule has 0 spiro atoms. The monoisotopic (exact) mass is 308 g/mol. The molecule has 0 bridgehead atoms. The maximum absolute atomic E-state index is 11.9. The molecule has 1 atom stereocenters. The molecule has 1 heterocycles. The summed E-state index contributed by atoms with van der Waals surface area (Å²) in [6, 6.07) is 18.6. The van der Waals surface area contributed by atoms with Crippen LogP contribution in [0.15, 0.2) is 71.4 Å². The molecule has 116 valence electrons. The van der Waals surface area contributed by atoms with Gasteiger partial charge in [-0.05, 0) is 36.8 Å². The van der Waals surface area contributed by atoms with Crippen molar-refractivity contribution in [3.8, 4) is 11.5 Å². The summed E-state index contributed by atoms with van der Waals surface area (Å²) in [5, 5.41) is 6.48. The van der Waals surface area contributed by atoms with E-state index in [9.17, 15) is 4.79 Å². The lowest BCUT2D eigenvalue weighted by Crippen LogP contribution is -2.26. The third-order valence-corrected chi connectivity index (χ3v) is 3.38. The van der Waals surface area contributed by atoms with E-state index in [-0.39, 0.29) is 17.6 Å². The van der Waals surface area contributed by atoms with E-state index in [2.05, 4.69) is 15.0 Å². The number of nitrogens with one attached hydrogen (secondary N) is 1. The maximum atomic E-state index is 11.9. The molecule has 0 aliphatic carbocycles. The van der Waals surface area contributed by atoms with Gasteiger partial charge in [0.2, 0.25) is 0 Å². The first-order valence-electron chi connectivity index (χ1n) is 7.26. The molecule has 0 aliphatic rings. The molecule has 2 aromatic carbocycles. The van der Waals surface area contributed by atoms with Gasteiger partial charge in [0.05, 0.1) is 6.04 Å². The smallest absolute Gasteiger partial charge is 0.273 e. The summed E-state index contributed by atoms with van der Waals surface area (Å²) in [5.74, 6) is 1.26. The summed E-state index contributed by atoms with van der Waals surface area (Å²) in [6.07, 6.45) is 1.37. The van der Waals surface area contributed by atoms with Crippen molar-refractivity contribution in [2.75, 3.05) is 0 Å². The molecule has 0 saturated heterocycles. The van der Waals surface area contributed by atoms with Crippen molar-refractivity contribution in [1.29, 1.82) is 0 Å². The molecule has 0 radical (unpaired) electrons. The Kier molecular flexibility index (Phi) is 4.38. The minimum Gasteiger partial charge on any atom is -0.457 e. The third-order valence-electron chi connectivity index (χ3n) is 3.38. The number of amides is 1. The molecule has 1 amide bonds. The van der Waals surface area contributed by atoms with Gasteiger partial charge in [-0.15, -0.1) is 0 Å². The van der Waals surface area contributed by atoms with Crippen LogP contribution in [-0.2, 0) is 0 Å². The topological polar surface area (TPSA) is 64.4 Å². The van der Waals surface area contributed by atoms with E-state index >= 15 is 0 Å². The quantitative estimate of drug-likeness (QED) is 0.775. The van der Waals surface area contributed by atoms with Gasteiger partial charge in [0, 0.05) is 6.07 Å².